The lowest BCUT2D eigenvalue weighted by atomic mass is 9.91. The normalized spacial score (nSPS) is 18.9. The second-order valence-corrected chi connectivity index (χ2v) is 10.5. The lowest BCUT2D eigenvalue weighted by molar-refractivity contribution is -0.151. The van der Waals surface area contributed by atoms with Crippen LogP contribution in [0.1, 0.15) is 23.7 Å². The summed E-state index contributed by atoms with van der Waals surface area (Å²) in [4.78, 5) is 49.7. The Hall–Kier alpha value is -3.90. The van der Waals surface area contributed by atoms with Crippen LogP contribution in [0, 0.1) is 5.92 Å². The van der Waals surface area contributed by atoms with Gasteiger partial charge in [-0.25, -0.2) is 9.97 Å². The molecule has 0 saturated carbocycles. The standard InChI is InChI=1S/C28H31N5O6S/c1-3-38-28(36)19-15-33(10-11-39-26-14-29-21-6-5-18(37-2)13-22(21)31-26)9-8-20(19)32-27(35)17-4-7-24-23(12-17)30-25(34)16-40-24/h4-7,12-14,19-20H,3,8-11,15-16H2,1-2H3,(H,30,34)(H,32,35). The minimum Gasteiger partial charge on any atom is -0.497 e. The van der Waals surface area contributed by atoms with Crippen molar-refractivity contribution in [2.45, 2.75) is 24.3 Å². The molecule has 1 saturated heterocycles. The fraction of sp³-hybridized carbons (Fsp3) is 0.393. The van der Waals surface area contributed by atoms with Crippen LogP contribution in [0.3, 0.4) is 0 Å². The van der Waals surface area contributed by atoms with Crippen molar-refractivity contribution >= 4 is 46.3 Å². The monoisotopic (exact) mass is 565 g/mol. The summed E-state index contributed by atoms with van der Waals surface area (Å²) in [6, 6.07) is 10.3. The Morgan fingerprint density at radius 1 is 1.20 bits per heavy atom. The van der Waals surface area contributed by atoms with Gasteiger partial charge in [0.1, 0.15) is 12.4 Å². The maximum Gasteiger partial charge on any atom is 0.312 e. The summed E-state index contributed by atoms with van der Waals surface area (Å²) < 4.78 is 16.5. The number of likely N-dealkylation sites (tertiary alicyclic amines) is 1. The largest absolute Gasteiger partial charge is 0.497 e. The predicted octanol–water partition coefficient (Wildman–Crippen LogP) is 2.75. The number of esters is 1. The van der Waals surface area contributed by atoms with Gasteiger partial charge in [0.15, 0.2) is 0 Å². The molecule has 3 heterocycles. The molecular weight excluding hydrogens is 534 g/mol. The highest BCUT2D eigenvalue weighted by Crippen LogP contribution is 2.32. The summed E-state index contributed by atoms with van der Waals surface area (Å²) >= 11 is 1.44. The van der Waals surface area contributed by atoms with Gasteiger partial charge in [-0.3, -0.25) is 19.3 Å². The number of aromatic nitrogens is 2. The summed E-state index contributed by atoms with van der Waals surface area (Å²) in [7, 11) is 1.60. The van der Waals surface area contributed by atoms with Crippen molar-refractivity contribution < 1.29 is 28.6 Å². The van der Waals surface area contributed by atoms with Crippen LogP contribution in [0.5, 0.6) is 11.6 Å². The number of ether oxygens (including phenoxy) is 3. The van der Waals surface area contributed by atoms with Crippen molar-refractivity contribution in [3.05, 3.63) is 48.2 Å². The Labute approximate surface area is 236 Å². The second kappa shape index (κ2) is 12.5. The van der Waals surface area contributed by atoms with Crippen LogP contribution in [0.15, 0.2) is 47.5 Å². The van der Waals surface area contributed by atoms with Crippen molar-refractivity contribution in [3.63, 3.8) is 0 Å². The number of amides is 2. The molecule has 3 aromatic rings. The first-order chi connectivity index (χ1) is 19.4. The molecule has 210 valence electrons. The van der Waals surface area contributed by atoms with Crippen molar-refractivity contribution in [1.29, 1.82) is 0 Å². The van der Waals surface area contributed by atoms with E-state index in [1.165, 1.54) is 11.8 Å². The molecule has 40 heavy (non-hydrogen) atoms. The maximum atomic E-state index is 13.1. The van der Waals surface area contributed by atoms with E-state index in [2.05, 4.69) is 25.5 Å². The molecule has 2 atom stereocenters. The number of anilines is 1. The van der Waals surface area contributed by atoms with E-state index in [0.29, 0.717) is 66.8 Å². The Morgan fingerprint density at radius 2 is 2.08 bits per heavy atom. The maximum absolute atomic E-state index is 13.1. The first kappa shape index (κ1) is 27.7. The molecule has 11 nitrogen and oxygen atoms in total. The van der Waals surface area contributed by atoms with Gasteiger partial charge in [-0.05, 0) is 43.7 Å². The highest BCUT2D eigenvalue weighted by atomic mass is 32.2. The summed E-state index contributed by atoms with van der Waals surface area (Å²) in [5, 5.41) is 5.83. The SMILES string of the molecule is CCOC(=O)C1CN(CCOc2cnc3ccc(OC)cc3n2)CCC1NC(=O)c1ccc2c(c1)NC(=O)CS2. The van der Waals surface area contributed by atoms with Crippen molar-refractivity contribution in [2.75, 3.05) is 51.0 Å². The zero-order valence-corrected chi connectivity index (χ0v) is 23.2. The number of fused-ring (bicyclic) bond motifs is 2. The molecule has 0 bridgehead atoms. The number of benzene rings is 2. The van der Waals surface area contributed by atoms with E-state index in [9.17, 15) is 14.4 Å². The third-order valence-electron chi connectivity index (χ3n) is 6.86. The van der Waals surface area contributed by atoms with Gasteiger partial charge in [0, 0.05) is 42.2 Å². The van der Waals surface area contributed by atoms with Gasteiger partial charge < -0.3 is 24.8 Å². The van der Waals surface area contributed by atoms with Gasteiger partial charge in [0.2, 0.25) is 11.8 Å². The zero-order chi connectivity index (χ0) is 28.1. The smallest absolute Gasteiger partial charge is 0.312 e. The number of hydrogen-bond acceptors (Lipinski definition) is 10. The van der Waals surface area contributed by atoms with Crippen LogP contribution in [0.25, 0.3) is 11.0 Å². The van der Waals surface area contributed by atoms with E-state index in [1.807, 2.05) is 18.2 Å². The van der Waals surface area contributed by atoms with Crippen LogP contribution >= 0.6 is 11.8 Å². The molecule has 0 aliphatic carbocycles. The fourth-order valence-corrected chi connectivity index (χ4v) is 5.60. The number of nitrogens with one attached hydrogen (secondary N) is 2. The van der Waals surface area contributed by atoms with Gasteiger partial charge >= 0.3 is 5.97 Å². The molecule has 5 rings (SSSR count). The van der Waals surface area contributed by atoms with E-state index in [4.69, 9.17) is 14.2 Å². The van der Waals surface area contributed by atoms with Gasteiger partial charge in [-0.1, -0.05) is 0 Å². The Balaban J connectivity index is 1.19. The van der Waals surface area contributed by atoms with E-state index in [0.717, 1.165) is 10.4 Å². The topological polar surface area (TPSA) is 132 Å². The number of thioether (sulfide) groups is 1. The molecule has 2 aliphatic rings. The average molecular weight is 566 g/mol. The van der Waals surface area contributed by atoms with Gasteiger partial charge in [0.25, 0.3) is 5.91 Å². The highest BCUT2D eigenvalue weighted by Gasteiger charge is 2.36. The van der Waals surface area contributed by atoms with Crippen LogP contribution in [-0.2, 0) is 14.3 Å². The number of piperidine rings is 1. The summed E-state index contributed by atoms with van der Waals surface area (Å²) in [5.41, 5.74) is 2.47. The third-order valence-corrected chi connectivity index (χ3v) is 7.94. The molecule has 2 amide bonds. The summed E-state index contributed by atoms with van der Waals surface area (Å²) in [6.45, 7) is 4.03. The second-order valence-electron chi connectivity index (χ2n) is 9.49. The number of rotatable bonds is 9. The molecule has 1 fully saturated rings. The summed E-state index contributed by atoms with van der Waals surface area (Å²) in [6.07, 6.45) is 2.16. The average Bonchev–Trinajstić information content (AvgIpc) is 2.97. The first-order valence-electron chi connectivity index (χ1n) is 13.1. The minimum atomic E-state index is -0.529. The highest BCUT2D eigenvalue weighted by molar-refractivity contribution is 8.00. The molecule has 12 heteroatoms. The third kappa shape index (κ3) is 6.45. The molecule has 0 spiro atoms. The minimum absolute atomic E-state index is 0.0957. The van der Waals surface area contributed by atoms with Crippen molar-refractivity contribution in [3.8, 4) is 11.6 Å². The lowest BCUT2D eigenvalue weighted by Crippen LogP contribution is -2.54. The quantitative estimate of drug-likeness (QED) is 0.373. The van der Waals surface area contributed by atoms with E-state index < -0.39 is 5.92 Å². The molecule has 1 aromatic heterocycles. The zero-order valence-electron chi connectivity index (χ0n) is 22.3. The molecule has 2 unspecified atom stereocenters. The van der Waals surface area contributed by atoms with E-state index in [-0.39, 0.29) is 30.4 Å². The van der Waals surface area contributed by atoms with Crippen LogP contribution < -0.4 is 20.1 Å². The Morgan fingerprint density at radius 3 is 2.90 bits per heavy atom. The molecule has 2 N–H and O–H groups in total. The number of carbonyl (C=O) groups excluding carboxylic acids is 3. The number of nitrogens with zero attached hydrogens (tertiary/aromatic N) is 3. The van der Waals surface area contributed by atoms with Crippen molar-refractivity contribution in [1.82, 2.24) is 20.2 Å². The number of hydrogen-bond donors (Lipinski definition) is 2. The van der Waals surface area contributed by atoms with Gasteiger partial charge in [-0.15, -0.1) is 11.8 Å². The Bertz CT molecular complexity index is 1420. The van der Waals surface area contributed by atoms with Gasteiger partial charge in [-0.2, -0.15) is 0 Å². The lowest BCUT2D eigenvalue weighted by Gasteiger charge is -2.37. The molecule has 2 aliphatic heterocycles. The van der Waals surface area contributed by atoms with Crippen molar-refractivity contribution in [2.24, 2.45) is 5.92 Å². The van der Waals surface area contributed by atoms with Crippen LogP contribution in [0.4, 0.5) is 5.69 Å². The van der Waals surface area contributed by atoms with Crippen LogP contribution in [0.2, 0.25) is 0 Å². The predicted molar refractivity (Wildman–Crippen MR) is 150 cm³/mol. The molecular formula is C28H31N5O6S. The summed E-state index contributed by atoms with van der Waals surface area (Å²) in [5.74, 6) is 0.187. The Kier molecular flexibility index (Phi) is 8.66. The first-order valence-corrected chi connectivity index (χ1v) is 14.1. The van der Waals surface area contributed by atoms with Crippen LogP contribution in [-0.4, -0.2) is 84.4 Å². The number of methoxy groups -OCH3 is 1. The molecule has 2 aromatic carbocycles. The van der Waals surface area contributed by atoms with E-state index in [1.54, 1.807) is 38.4 Å². The fourth-order valence-electron chi connectivity index (χ4n) is 4.81. The molecule has 0 radical (unpaired) electrons. The number of carbonyl (C=O) groups is 3. The van der Waals surface area contributed by atoms with E-state index >= 15 is 0 Å². The van der Waals surface area contributed by atoms with Gasteiger partial charge in [0.05, 0.1) is 48.3 Å².